The van der Waals surface area contributed by atoms with Gasteiger partial charge in [0.25, 0.3) is 0 Å². The van der Waals surface area contributed by atoms with E-state index in [-0.39, 0.29) is 11.7 Å². The van der Waals surface area contributed by atoms with E-state index >= 15 is 0 Å². The van der Waals surface area contributed by atoms with E-state index in [2.05, 4.69) is 53.1 Å². The first-order valence-corrected chi connectivity index (χ1v) is 11.9. The van der Waals surface area contributed by atoms with Crippen LogP contribution in [0.2, 0.25) is 0 Å². The predicted molar refractivity (Wildman–Crippen MR) is 138 cm³/mol. The maximum absolute atomic E-state index is 12.8. The molecule has 182 valence electrons. The van der Waals surface area contributed by atoms with Crippen molar-refractivity contribution in [2.24, 2.45) is 17.5 Å². The number of benzene rings is 2. The first-order chi connectivity index (χ1) is 16.3. The van der Waals surface area contributed by atoms with Gasteiger partial charge in [-0.2, -0.15) is 0 Å². The number of likely N-dealkylation sites (tertiary alicyclic amines) is 1. The third kappa shape index (κ3) is 6.41. The smallest absolute Gasteiger partial charge is 0.126 e. The topological polar surface area (TPSA) is 79.3 Å². The number of piperidine rings is 1. The lowest BCUT2D eigenvalue weighted by molar-refractivity contribution is 0.294. The summed E-state index contributed by atoms with van der Waals surface area (Å²) in [5, 5.41) is 3.49. The summed E-state index contributed by atoms with van der Waals surface area (Å²) in [6, 6.07) is 18.1. The van der Waals surface area contributed by atoms with E-state index < -0.39 is 0 Å². The van der Waals surface area contributed by atoms with Gasteiger partial charge in [0.15, 0.2) is 0 Å². The zero-order chi connectivity index (χ0) is 24.7. The van der Waals surface area contributed by atoms with Gasteiger partial charge in [-0.25, -0.2) is 4.39 Å². The highest BCUT2D eigenvalue weighted by Crippen LogP contribution is 2.51. The third-order valence-electron chi connectivity index (χ3n) is 6.54. The number of nitrogens with zero attached hydrogens (tertiary/aromatic N) is 1. The Morgan fingerprint density at radius 3 is 2.38 bits per heavy atom. The standard InChI is InChI=1S/C19H27N5.C9H11F/c1-13(8-17(11-20)23-21)24-18(9-16-10-19(16)24)14(2)22-12-15-6-4-3-5-7-15;1-7(2)8-5-3-4-6-9(8)10/h3-7,11,16,18-19,22-23H,1-2,8-10,12,20-21H2;3-7H,1-2H3/b17-11-;. The first kappa shape index (κ1) is 25.4. The minimum Gasteiger partial charge on any atom is -0.403 e. The number of fused-ring (bicyclic) bond motifs is 1. The summed E-state index contributed by atoms with van der Waals surface area (Å²) in [4.78, 5) is 2.41. The van der Waals surface area contributed by atoms with Gasteiger partial charge in [0.2, 0.25) is 0 Å². The lowest BCUT2D eigenvalue weighted by Crippen LogP contribution is -2.38. The van der Waals surface area contributed by atoms with E-state index in [0.717, 1.165) is 41.5 Å². The Bertz CT molecular complexity index is 1000. The Balaban J connectivity index is 0.000000271. The number of halogens is 1. The Morgan fingerprint density at radius 2 is 1.79 bits per heavy atom. The second kappa shape index (κ2) is 11.7. The molecule has 2 fully saturated rings. The SMILES string of the molecule is C=C(NCc1ccccc1)C1CC2CC2N1C(=C)C/C(=C/N)NN.CC(C)c1ccccc1F. The molecule has 1 saturated heterocycles. The lowest BCUT2D eigenvalue weighted by Gasteiger charge is -2.33. The molecular formula is C28H38FN5. The Kier molecular flexibility index (Phi) is 8.77. The van der Waals surface area contributed by atoms with E-state index in [0.29, 0.717) is 18.5 Å². The van der Waals surface area contributed by atoms with Crippen LogP contribution in [0.1, 0.15) is 50.2 Å². The van der Waals surface area contributed by atoms with Crippen molar-refractivity contribution < 1.29 is 4.39 Å². The number of nitrogens with two attached hydrogens (primary N) is 2. The zero-order valence-electron chi connectivity index (χ0n) is 20.3. The van der Waals surface area contributed by atoms with Gasteiger partial charge in [0.05, 0.1) is 6.04 Å². The quantitative estimate of drug-likeness (QED) is 0.315. The lowest BCUT2D eigenvalue weighted by atomic mass is 10.0. The molecule has 0 bridgehead atoms. The van der Waals surface area contributed by atoms with Crippen LogP contribution < -0.4 is 22.3 Å². The molecule has 1 aliphatic carbocycles. The summed E-state index contributed by atoms with van der Waals surface area (Å²) in [5.41, 5.74) is 13.2. The van der Waals surface area contributed by atoms with Crippen molar-refractivity contribution in [1.29, 1.82) is 0 Å². The maximum Gasteiger partial charge on any atom is 0.126 e. The summed E-state index contributed by atoms with van der Waals surface area (Å²) in [6.45, 7) is 13.3. The zero-order valence-corrected chi connectivity index (χ0v) is 20.3. The second-order valence-electron chi connectivity index (χ2n) is 9.34. The normalized spacial score (nSPS) is 20.8. The first-order valence-electron chi connectivity index (χ1n) is 11.9. The van der Waals surface area contributed by atoms with Crippen LogP contribution in [0, 0.1) is 11.7 Å². The molecule has 4 rings (SSSR count). The van der Waals surface area contributed by atoms with Crippen LogP contribution in [0.3, 0.4) is 0 Å². The highest BCUT2D eigenvalue weighted by Gasteiger charge is 2.52. The van der Waals surface area contributed by atoms with Crippen LogP contribution in [-0.2, 0) is 6.54 Å². The monoisotopic (exact) mass is 463 g/mol. The van der Waals surface area contributed by atoms with Gasteiger partial charge < -0.3 is 21.4 Å². The summed E-state index contributed by atoms with van der Waals surface area (Å²) in [5.74, 6) is 6.44. The van der Waals surface area contributed by atoms with E-state index in [9.17, 15) is 4.39 Å². The minimum absolute atomic E-state index is 0.0995. The van der Waals surface area contributed by atoms with Crippen LogP contribution in [0.5, 0.6) is 0 Å². The van der Waals surface area contributed by atoms with Crippen LogP contribution in [0.15, 0.2) is 91.0 Å². The maximum atomic E-state index is 12.8. The molecule has 0 amide bonds. The van der Waals surface area contributed by atoms with Crippen LogP contribution >= 0.6 is 0 Å². The van der Waals surface area contributed by atoms with Crippen molar-refractivity contribution in [3.05, 3.63) is 108 Å². The fraction of sp³-hybridized carbons (Fsp3) is 0.357. The molecular weight excluding hydrogens is 425 g/mol. The fourth-order valence-electron chi connectivity index (χ4n) is 4.56. The Labute approximate surface area is 203 Å². The molecule has 1 aliphatic heterocycles. The highest BCUT2D eigenvalue weighted by atomic mass is 19.1. The average Bonchev–Trinajstić information content (AvgIpc) is 3.50. The molecule has 6 heteroatoms. The molecule has 1 saturated carbocycles. The summed E-state index contributed by atoms with van der Waals surface area (Å²) < 4.78 is 12.8. The highest BCUT2D eigenvalue weighted by molar-refractivity contribution is 5.25. The molecule has 2 aliphatic rings. The van der Waals surface area contributed by atoms with Crippen molar-refractivity contribution in [2.45, 2.75) is 57.7 Å². The molecule has 3 atom stereocenters. The molecule has 34 heavy (non-hydrogen) atoms. The van der Waals surface area contributed by atoms with Crippen molar-refractivity contribution in [3.8, 4) is 0 Å². The minimum atomic E-state index is -0.0995. The molecule has 1 heterocycles. The number of rotatable bonds is 9. The van der Waals surface area contributed by atoms with Crippen LogP contribution in [0.25, 0.3) is 0 Å². The van der Waals surface area contributed by atoms with Crippen LogP contribution in [-0.4, -0.2) is 17.0 Å². The van der Waals surface area contributed by atoms with Crippen molar-refractivity contribution in [2.75, 3.05) is 0 Å². The summed E-state index contributed by atoms with van der Waals surface area (Å²) in [6.07, 6.45) is 4.53. The number of nitrogens with one attached hydrogen (secondary N) is 2. The van der Waals surface area contributed by atoms with E-state index in [4.69, 9.17) is 11.6 Å². The fourth-order valence-corrected chi connectivity index (χ4v) is 4.56. The average molecular weight is 464 g/mol. The summed E-state index contributed by atoms with van der Waals surface area (Å²) in [7, 11) is 0. The van der Waals surface area contributed by atoms with Gasteiger partial charge in [-0.15, -0.1) is 0 Å². The van der Waals surface area contributed by atoms with E-state index in [1.54, 1.807) is 6.07 Å². The van der Waals surface area contributed by atoms with E-state index in [1.165, 1.54) is 24.3 Å². The third-order valence-corrected chi connectivity index (χ3v) is 6.54. The van der Waals surface area contributed by atoms with Gasteiger partial charge >= 0.3 is 0 Å². The van der Waals surface area contributed by atoms with Crippen LogP contribution in [0.4, 0.5) is 4.39 Å². The molecule has 6 N–H and O–H groups in total. The molecule has 0 aromatic heterocycles. The van der Waals surface area contributed by atoms with Crippen molar-refractivity contribution in [3.63, 3.8) is 0 Å². The van der Waals surface area contributed by atoms with Gasteiger partial charge in [-0.3, -0.25) is 5.84 Å². The van der Waals surface area contributed by atoms with Crippen molar-refractivity contribution in [1.82, 2.24) is 15.6 Å². The summed E-state index contributed by atoms with van der Waals surface area (Å²) >= 11 is 0. The molecule has 2 aromatic rings. The van der Waals surface area contributed by atoms with Crippen molar-refractivity contribution >= 4 is 0 Å². The van der Waals surface area contributed by atoms with Gasteiger partial charge in [-0.05, 0) is 41.9 Å². The largest absolute Gasteiger partial charge is 0.403 e. The van der Waals surface area contributed by atoms with Gasteiger partial charge in [0.1, 0.15) is 5.82 Å². The Hall–Kier alpha value is -3.25. The number of hydrogen-bond acceptors (Lipinski definition) is 5. The Morgan fingerprint density at radius 1 is 1.12 bits per heavy atom. The number of hydrogen-bond donors (Lipinski definition) is 4. The molecule has 3 unspecified atom stereocenters. The molecule has 0 spiro atoms. The molecule has 0 radical (unpaired) electrons. The van der Waals surface area contributed by atoms with E-state index in [1.807, 2.05) is 32.0 Å². The van der Waals surface area contributed by atoms with Gasteiger partial charge in [-0.1, -0.05) is 75.5 Å². The molecule has 2 aromatic carbocycles. The number of hydrazine groups is 1. The predicted octanol–water partition coefficient (Wildman–Crippen LogP) is 4.87. The molecule has 5 nitrogen and oxygen atoms in total. The van der Waals surface area contributed by atoms with Gasteiger partial charge in [0, 0.05) is 42.3 Å². The second-order valence-corrected chi connectivity index (χ2v) is 9.34.